The van der Waals surface area contributed by atoms with Gasteiger partial charge in [-0.05, 0) is 129 Å². The first-order valence-electron chi connectivity index (χ1n) is 22.9. The maximum absolute atomic E-state index is 15.2. The molecule has 2 aromatic carbocycles. The van der Waals surface area contributed by atoms with Crippen LogP contribution in [0.2, 0.25) is 0 Å². The van der Waals surface area contributed by atoms with E-state index < -0.39 is 74.5 Å². The minimum Gasteiger partial charge on any atom is -0.497 e. The summed E-state index contributed by atoms with van der Waals surface area (Å²) in [5, 5.41) is 6.43. The fourth-order valence-electron chi connectivity index (χ4n) is 10.6. The third kappa shape index (κ3) is 9.09. The Balaban J connectivity index is 1.05. The topological polar surface area (TPSA) is 192 Å². The fourth-order valence-corrected chi connectivity index (χ4v) is 11.9. The zero-order valence-electron chi connectivity index (χ0n) is 37.4. The van der Waals surface area contributed by atoms with Crippen LogP contribution in [-0.2, 0) is 29.1 Å². The van der Waals surface area contributed by atoms with Crippen molar-refractivity contribution in [1.29, 1.82) is 0 Å². The summed E-state index contributed by atoms with van der Waals surface area (Å²) < 4.78 is 66.6. The van der Waals surface area contributed by atoms with Crippen LogP contribution in [0.5, 0.6) is 17.4 Å². The molecule has 17 heteroatoms. The van der Waals surface area contributed by atoms with E-state index in [1.165, 1.54) is 24.1 Å². The Morgan fingerprint density at radius 3 is 2.42 bits per heavy atom. The summed E-state index contributed by atoms with van der Waals surface area (Å²) in [5.74, 6) is -0.822. The molecule has 2 aliphatic heterocycles. The van der Waals surface area contributed by atoms with E-state index >= 15 is 9.18 Å². The van der Waals surface area contributed by atoms with Gasteiger partial charge in [0.2, 0.25) is 27.7 Å². The molecule has 0 radical (unpaired) electrons. The zero-order chi connectivity index (χ0) is 45.9. The number of sulfonamides is 1. The van der Waals surface area contributed by atoms with Crippen LogP contribution in [0.4, 0.5) is 9.18 Å². The number of benzene rings is 2. The van der Waals surface area contributed by atoms with Gasteiger partial charge in [0.15, 0.2) is 11.6 Å². The number of allylic oxidation sites excluding steroid dienone is 1. The number of pyridine rings is 1. The summed E-state index contributed by atoms with van der Waals surface area (Å²) in [5.41, 5.74) is -0.743. The van der Waals surface area contributed by atoms with Gasteiger partial charge in [0.1, 0.15) is 35.6 Å². The second-order valence-corrected chi connectivity index (χ2v) is 21.3. The summed E-state index contributed by atoms with van der Waals surface area (Å²) in [6.45, 7) is 6.10. The number of nitrogens with one attached hydrogen (secondary N) is 3. The van der Waals surface area contributed by atoms with Crippen molar-refractivity contribution in [3.8, 4) is 28.6 Å². The predicted octanol–water partition coefficient (Wildman–Crippen LogP) is 6.04. The molecule has 4 aliphatic carbocycles. The number of alkyl carbamates (subject to hydrolysis) is 1. The van der Waals surface area contributed by atoms with E-state index in [9.17, 15) is 22.8 Å². The normalized spacial score (nSPS) is 32.2. The predicted molar refractivity (Wildman–Crippen MR) is 238 cm³/mol. The van der Waals surface area contributed by atoms with Crippen LogP contribution in [0, 0.1) is 41.3 Å². The Kier molecular flexibility index (Phi) is 12.0. The van der Waals surface area contributed by atoms with Crippen LogP contribution < -0.4 is 29.6 Å². The Hall–Kier alpha value is -5.45. The maximum atomic E-state index is 15.2. The number of hydrogen-bond acceptors (Lipinski definition) is 11. The van der Waals surface area contributed by atoms with Crippen LogP contribution in [0.3, 0.4) is 0 Å². The Morgan fingerprint density at radius 1 is 0.938 bits per heavy atom. The van der Waals surface area contributed by atoms with E-state index in [1.807, 2.05) is 19.1 Å². The number of hydrogen-bond donors (Lipinski definition) is 3. The van der Waals surface area contributed by atoms with Crippen LogP contribution >= 0.6 is 0 Å². The smallest absolute Gasteiger partial charge is 0.408 e. The number of methoxy groups -OCH3 is 2. The minimum atomic E-state index is -3.95. The van der Waals surface area contributed by atoms with Gasteiger partial charge in [-0.3, -0.25) is 19.1 Å². The molecule has 3 heterocycles. The Bertz CT molecular complexity index is 2520. The molecule has 9 unspecified atom stereocenters. The van der Waals surface area contributed by atoms with Gasteiger partial charge in [-0.25, -0.2) is 22.6 Å². The number of nitrogens with zero attached hydrogens (tertiary/aromatic N) is 2. The van der Waals surface area contributed by atoms with Gasteiger partial charge in [-0.2, -0.15) is 0 Å². The van der Waals surface area contributed by atoms with E-state index in [0.29, 0.717) is 71.2 Å². The number of rotatable bonds is 10. The van der Waals surface area contributed by atoms with Crippen molar-refractivity contribution in [2.75, 3.05) is 20.8 Å². The fraction of sp³-hybridized carbons (Fsp3) is 0.562. The first-order chi connectivity index (χ1) is 31.1. The van der Waals surface area contributed by atoms with Gasteiger partial charge in [-0.15, -0.1) is 0 Å². The highest BCUT2D eigenvalue weighted by Gasteiger charge is 2.62. The number of carbonyl (C=O) groups excluding carboxylic acids is 4. The molecule has 0 bridgehead atoms. The molecule has 15 nitrogen and oxygen atoms in total. The molecular formula is C48H58FN5O10S. The van der Waals surface area contributed by atoms with Crippen molar-refractivity contribution in [1.82, 2.24) is 25.2 Å². The molecule has 4 amide bonds. The van der Waals surface area contributed by atoms with Gasteiger partial charge in [0.25, 0.3) is 5.91 Å². The molecule has 3 N–H and O–H groups in total. The molecule has 348 valence electrons. The van der Waals surface area contributed by atoms with Gasteiger partial charge in [0, 0.05) is 23.3 Å². The quantitative estimate of drug-likeness (QED) is 0.201. The average Bonchev–Trinajstić information content (AvgIpc) is 4.23. The molecular weight excluding hydrogens is 858 g/mol. The number of carbonyl (C=O) groups is 4. The average molecular weight is 916 g/mol. The van der Waals surface area contributed by atoms with E-state index in [1.54, 1.807) is 37.4 Å². The summed E-state index contributed by atoms with van der Waals surface area (Å²) in [6, 6.07) is 9.31. The second-order valence-electron chi connectivity index (χ2n) is 19.3. The molecule has 9 atom stereocenters. The summed E-state index contributed by atoms with van der Waals surface area (Å²) >= 11 is 0. The standard InChI is InChI=1S/C48H58FN5O10S/c1-25-8-6-7-9-30-23-48(30,46(57)53-65(59,60)34-12-13-34)52-43(55)40-22-33(24-54(40)45(56)42(26(2)16-25)51-47(58)64-32-20-36-27(3)37(36)21-32)63-44-35-14-11-31(61-4)17-29(35)19-39(50-44)28-10-15-41(62-5)38(49)18-28/h7,9-11,14-15,17-19,25-27,30,32-34,36-37,40,42H,6,8,12-13,16,20-24H2,1-5H3,(H,51,58)(H,52,55)(H,53,57). The Morgan fingerprint density at radius 2 is 1.71 bits per heavy atom. The van der Waals surface area contributed by atoms with Crippen molar-refractivity contribution in [2.24, 2.45) is 35.5 Å². The lowest BCUT2D eigenvalue weighted by Crippen LogP contribution is -2.59. The number of fused-ring (bicyclic) bond motifs is 4. The number of amides is 4. The monoisotopic (exact) mass is 915 g/mol. The number of ether oxygens (including phenoxy) is 4. The van der Waals surface area contributed by atoms with Crippen LogP contribution in [-0.4, -0.2) is 98.0 Å². The van der Waals surface area contributed by atoms with Crippen LogP contribution in [0.25, 0.3) is 22.0 Å². The minimum absolute atomic E-state index is 0.0398. The van der Waals surface area contributed by atoms with Gasteiger partial charge in [-0.1, -0.05) is 32.9 Å². The van der Waals surface area contributed by atoms with Crippen molar-refractivity contribution in [3.05, 3.63) is 60.4 Å². The molecule has 4 saturated carbocycles. The molecule has 0 spiro atoms. The van der Waals surface area contributed by atoms with E-state index in [0.717, 1.165) is 19.3 Å². The third-order valence-corrected chi connectivity index (χ3v) is 16.5. The van der Waals surface area contributed by atoms with Gasteiger partial charge in [0.05, 0.1) is 31.7 Å². The van der Waals surface area contributed by atoms with E-state index in [-0.39, 0.29) is 49.0 Å². The lowest BCUT2D eigenvalue weighted by molar-refractivity contribution is -0.142. The molecule has 65 heavy (non-hydrogen) atoms. The first-order valence-corrected chi connectivity index (χ1v) is 24.4. The highest BCUT2D eigenvalue weighted by atomic mass is 32.2. The second kappa shape index (κ2) is 17.4. The molecule has 1 saturated heterocycles. The van der Waals surface area contributed by atoms with Gasteiger partial charge >= 0.3 is 6.09 Å². The van der Waals surface area contributed by atoms with E-state index in [4.69, 9.17) is 23.9 Å². The van der Waals surface area contributed by atoms with E-state index in [2.05, 4.69) is 29.2 Å². The van der Waals surface area contributed by atoms with Gasteiger partial charge < -0.3 is 34.5 Å². The molecule has 1 aromatic heterocycles. The highest BCUT2D eigenvalue weighted by molar-refractivity contribution is 7.91. The summed E-state index contributed by atoms with van der Waals surface area (Å²) in [4.78, 5) is 63.8. The SMILES string of the molecule is COc1ccc2c(OC3CC4C(=O)NC5(C(=O)NS(=O)(=O)C6CC6)CC5C=CCCC(C)CC(C)C(NC(=O)OC5CC6C(C)C6C5)C(=O)N4C3)nc(-c3ccc(OC)c(F)c3)cc2c1. The lowest BCUT2D eigenvalue weighted by Gasteiger charge is -2.33. The largest absolute Gasteiger partial charge is 0.497 e. The van der Waals surface area contributed by atoms with Crippen molar-refractivity contribution >= 4 is 44.6 Å². The highest BCUT2D eigenvalue weighted by Crippen LogP contribution is 2.57. The lowest BCUT2D eigenvalue weighted by atomic mass is 9.88. The summed E-state index contributed by atoms with van der Waals surface area (Å²) in [6.07, 6.45) is 6.64. The van der Waals surface area contributed by atoms with Crippen LogP contribution in [0.1, 0.15) is 78.6 Å². The molecule has 3 aromatic rings. The first kappa shape index (κ1) is 44.7. The number of halogens is 1. The van der Waals surface area contributed by atoms with Crippen molar-refractivity contribution in [3.63, 3.8) is 0 Å². The maximum Gasteiger partial charge on any atom is 0.408 e. The molecule has 9 rings (SSSR count). The molecule has 5 fully saturated rings. The molecule has 6 aliphatic rings. The summed E-state index contributed by atoms with van der Waals surface area (Å²) in [7, 11) is -1.03. The Labute approximate surface area is 378 Å². The third-order valence-electron chi connectivity index (χ3n) is 14.7. The van der Waals surface area contributed by atoms with Crippen molar-refractivity contribution < 1.29 is 50.9 Å². The zero-order valence-corrected chi connectivity index (χ0v) is 38.2. The van der Waals surface area contributed by atoms with Crippen molar-refractivity contribution in [2.45, 2.75) is 114 Å². The van der Waals surface area contributed by atoms with Crippen LogP contribution in [0.15, 0.2) is 54.6 Å². The number of aromatic nitrogens is 1.